The highest BCUT2D eigenvalue weighted by molar-refractivity contribution is 5.69. The van der Waals surface area contributed by atoms with Crippen molar-refractivity contribution in [2.24, 2.45) is 0 Å². The summed E-state index contributed by atoms with van der Waals surface area (Å²) in [7, 11) is 0. The van der Waals surface area contributed by atoms with Crippen molar-refractivity contribution in [2.75, 3.05) is 0 Å². The van der Waals surface area contributed by atoms with Gasteiger partial charge in [0.15, 0.2) is 0 Å². The SMILES string of the molecule is C#CCCC(=O)OC1C[C@H](C)O[C@@H]1CC. The minimum atomic E-state index is -0.214. The van der Waals surface area contributed by atoms with Gasteiger partial charge in [-0.3, -0.25) is 4.79 Å². The minimum absolute atomic E-state index is 0.0507. The maximum atomic E-state index is 11.4. The van der Waals surface area contributed by atoms with Crippen LogP contribution in [0, 0.1) is 12.3 Å². The van der Waals surface area contributed by atoms with Gasteiger partial charge >= 0.3 is 5.97 Å². The van der Waals surface area contributed by atoms with E-state index in [1.165, 1.54) is 0 Å². The molecule has 3 nitrogen and oxygen atoms in total. The van der Waals surface area contributed by atoms with Crippen LogP contribution in [-0.2, 0) is 14.3 Å². The van der Waals surface area contributed by atoms with Crippen molar-refractivity contribution in [3.63, 3.8) is 0 Å². The van der Waals surface area contributed by atoms with E-state index in [0.29, 0.717) is 12.8 Å². The summed E-state index contributed by atoms with van der Waals surface area (Å²) in [5, 5.41) is 0. The number of esters is 1. The van der Waals surface area contributed by atoms with Crippen LogP contribution >= 0.6 is 0 Å². The Hall–Kier alpha value is -1.01. The van der Waals surface area contributed by atoms with Crippen LogP contribution in [0.15, 0.2) is 0 Å². The van der Waals surface area contributed by atoms with Gasteiger partial charge in [0, 0.05) is 12.8 Å². The molecule has 3 atom stereocenters. The molecule has 1 rings (SSSR count). The van der Waals surface area contributed by atoms with Gasteiger partial charge in [0.1, 0.15) is 6.10 Å². The third kappa shape index (κ3) is 3.56. The quantitative estimate of drug-likeness (QED) is 0.525. The molecule has 0 N–H and O–H groups in total. The largest absolute Gasteiger partial charge is 0.459 e. The molecule has 3 heteroatoms. The van der Waals surface area contributed by atoms with Crippen LogP contribution in [0.25, 0.3) is 0 Å². The monoisotopic (exact) mass is 210 g/mol. The van der Waals surface area contributed by atoms with Crippen LogP contribution in [-0.4, -0.2) is 24.3 Å². The second kappa shape index (κ2) is 5.77. The zero-order valence-corrected chi connectivity index (χ0v) is 9.36. The molecule has 0 aromatic heterocycles. The first kappa shape index (κ1) is 12.1. The predicted molar refractivity (Wildman–Crippen MR) is 57.2 cm³/mol. The molecular weight excluding hydrogens is 192 g/mol. The number of hydrogen-bond acceptors (Lipinski definition) is 3. The van der Waals surface area contributed by atoms with Crippen molar-refractivity contribution in [1.82, 2.24) is 0 Å². The maximum Gasteiger partial charge on any atom is 0.307 e. The van der Waals surface area contributed by atoms with Crippen LogP contribution in [0.2, 0.25) is 0 Å². The number of ether oxygens (including phenoxy) is 2. The summed E-state index contributed by atoms with van der Waals surface area (Å²) in [6.07, 6.45) is 7.63. The summed E-state index contributed by atoms with van der Waals surface area (Å²) in [6, 6.07) is 0. The minimum Gasteiger partial charge on any atom is -0.459 e. The molecule has 0 aromatic rings. The molecule has 0 saturated carbocycles. The van der Waals surface area contributed by atoms with E-state index in [1.54, 1.807) is 0 Å². The first-order valence-electron chi connectivity index (χ1n) is 5.45. The van der Waals surface area contributed by atoms with E-state index < -0.39 is 0 Å². The van der Waals surface area contributed by atoms with Gasteiger partial charge in [0.05, 0.1) is 18.6 Å². The van der Waals surface area contributed by atoms with Crippen molar-refractivity contribution < 1.29 is 14.3 Å². The lowest BCUT2D eigenvalue weighted by Crippen LogP contribution is -2.26. The fourth-order valence-corrected chi connectivity index (χ4v) is 1.81. The summed E-state index contributed by atoms with van der Waals surface area (Å²) < 4.78 is 10.9. The normalized spacial score (nSPS) is 29.8. The smallest absolute Gasteiger partial charge is 0.307 e. The molecule has 1 aliphatic rings. The molecule has 0 amide bonds. The Morgan fingerprint density at radius 2 is 2.40 bits per heavy atom. The van der Waals surface area contributed by atoms with E-state index in [1.807, 2.05) is 13.8 Å². The van der Waals surface area contributed by atoms with Crippen molar-refractivity contribution in [3.8, 4) is 12.3 Å². The summed E-state index contributed by atoms with van der Waals surface area (Å²) in [5.41, 5.74) is 0. The van der Waals surface area contributed by atoms with E-state index >= 15 is 0 Å². The highest BCUT2D eigenvalue weighted by Crippen LogP contribution is 2.25. The molecule has 0 spiro atoms. The standard InChI is InChI=1S/C12H18O3/c1-4-6-7-12(13)15-11-8-9(3)14-10(11)5-2/h1,9-11H,5-8H2,2-3H3/t9-,10+,11?/m0/s1. The molecule has 1 heterocycles. The summed E-state index contributed by atoms with van der Waals surface area (Å²) >= 11 is 0. The Labute approximate surface area is 91.1 Å². The van der Waals surface area contributed by atoms with Gasteiger partial charge in [-0.2, -0.15) is 0 Å². The van der Waals surface area contributed by atoms with Gasteiger partial charge in [-0.05, 0) is 13.3 Å². The lowest BCUT2D eigenvalue weighted by Gasteiger charge is -2.17. The topological polar surface area (TPSA) is 35.5 Å². The second-order valence-corrected chi connectivity index (χ2v) is 3.86. The average molecular weight is 210 g/mol. The maximum absolute atomic E-state index is 11.4. The summed E-state index contributed by atoms with van der Waals surface area (Å²) in [4.78, 5) is 11.4. The van der Waals surface area contributed by atoms with Gasteiger partial charge in [0.25, 0.3) is 0 Å². The molecule has 0 radical (unpaired) electrons. The fraction of sp³-hybridized carbons (Fsp3) is 0.750. The summed E-state index contributed by atoms with van der Waals surface area (Å²) in [5.74, 6) is 2.21. The van der Waals surface area contributed by atoms with Crippen LogP contribution < -0.4 is 0 Å². The van der Waals surface area contributed by atoms with Crippen molar-refractivity contribution >= 4 is 5.97 Å². The summed E-state index contributed by atoms with van der Waals surface area (Å²) in [6.45, 7) is 4.03. The van der Waals surface area contributed by atoms with E-state index in [0.717, 1.165) is 12.8 Å². The molecule has 0 aliphatic carbocycles. The van der Waals surface area contributed by atoms with Gasteiger partial charge in [-0.25, -0.2) is 0 Å². The Morgan fingerprint density at radius 1 is 1.67 bits per heavy atom. The second-order valence-electron chi connectivity index (χ2n) is 3.86. The number of terminal acetylenes is 1. The molecule has 15 heavy (non-hydrogen) atoms. The van der Waals surface area contributed by atoms with E-state index in [2.05, 4.69) is 5.92 Å². The lowest BCUT2D eigenvalue weighted by atomic mass is 10.1. The molecule has 1 aliphatic heterocycles. The first-order valence-corrected chi connectivity index (χ1v) is 5.45. The Bertz CT molecular complexity index is 254. The molecule has 0 bridgehead atoms. The number of rotatable bonds is 4. The highest BCUT2D eigenvalue weighted by Gasteiger charge is 2.34. The molecule has 1 fully saturated rings. The van der Waals surface area contributed by atoms with Gasteiger partial charge < -0.3 is 9.47 Å². The van der Waals surface area contributed by atoms with Gasteiger partial charge in [-0.1, -0.05) is 6.92 Å². The molecule has 84 valence electrons. The fourth-order valence-electron chi connectivity index (χ4n) is 1.81. The molecule has 1 unspecified atom stereocenters. The Balaban J connectivity index is 2.37. The predicted octanol–water partition coefficient (Wildman–Crippen LogP) is 1.90. The zero-order valence-electron chi connectivity index (χ0n) is 9.36. The van der Waals surface area contributed by atoms with Crippen molar-refractivity contribution in [1.29, 1.82) is 0 Å². The van der Waals surface area contributed by atoms with Crippen LogP contribution in [0.1, 0.15) is 39.5 Å². The van der Waals surface area contributed by atoms with Crippen molar-refractivity contribution in [3.05, 3.63) is 0 Å². The van der Waals surface area contributed by atoms with Crippen LogP contribution in [0.5, 0.6) is 0 Å². The van der Waals surface area contributed by atoms with E-state index in [-0.39, 0.29) is 24.3 Å². The van der Waals surface area contributed by atoms with E-state index in [4.69, 9.17) is 15.9 Å². The van der Waals surface area contributed by atoms with Gasteiger partial charge in [0.2, 0.25) is 0 Å². The lowest BCUT2D eigenvalue weighted by molar-refractivity contribution is -0.151. The number of carbonyl (C=O) groups excluding carboxylic acids is 1. The van der Waals surface area contributed by atoms with E-state index in [9.17, 15) is 4.79 Å². The molecule has 1 saturated heterocycles. The van der Waals surface area contributed by atoms with Gasteiger partial charge in [-0.15, -0.1) is 12.3 Å². The first-order chi connectivity index (χ1) is 7.17. The average Bonchev–Trinajstić information content (AvgIpc) is 2.55. The number of carbonyl (C=O) groups is 1. The van der Waals surface area contributed by atoms with Crippen LogP contribution in [0.4, 0.5) is 0 Å². The zero-order chi connectivity index (χ0) is 11.3. The van der Waals surface area contributed by atoms with Crippen molar-refractivity contribution in [2.45, 2.75) is 57.8 Å². The Morgan fingerprint density at radius 3 is 3.00 bits per heavy atom. The molecular formula is C12H18O3. The Kier molecular flexibility index (Phi) is 4.64. The third-order valence-corrected chi connectivity index (χ3v) is 2.54. The highest BCUT2D eigenvalue weighted by atomic mass is 16.6. The van der Waals surface area contributed by atoms with Crippen LogP contribution in [0.3, 0.4) is 0 Å². The number of hydrogen-bond donors (Lipinski definition) is 0. The third-order valence-electron chi connectivity index (χ3n) is 2.54. The molecule has 0 aromatic carbocycles.